The molecule has 37 heavy (non-hydrogen) atoms. The van der Waals surface area contributed by atoms with Crippen molar-refractivity contribution in [3.8, 4) is 17.2 Å². The summed E-state index contributed by atoms with van der Waals surface area (Å²) in [5, 5.41) is 11.4. The quantitative estimate of drug-likeness (QED) is 0.141. The summed E-state index contributed by atoms with van der Waals surface area (Å²) in [5.41, 5.74) is 0.113. The van der Waals surface area contributed by atoms with Gasteiger partial charge in [-0.05, 0) is 54.5 Å². The fourth-order valence-electron chi connectivity index (χ4n) is 3.54. The van der Waals surface area contributed by atoms with Crippen molar-refractivity contribution in [2.45, 2.75) is 13.1 Å². The number of amides is 1. The molecule has 1 amide bonds. The Kier molecular flexibility index (Phi) is 7.23. The summed E-state index contributed by atoms with van der Waals surface area (Å²) in [7, 11) is 1.34. The minimum absolute atomic E-state index is 0.0370. The molecule has 1 aliphatic rings. The van der Waals surface area contributed by atoms with Crippen LogP contribution in [0.15, 0.2) is 65.6 Å². The molecule has 3 aromatic rings. The van der Waals surface area contributed by atoms with Crippen LogP contribution in [0.25, 0.3) is 6.08 Å². The number of carbonyl (C=O) groups is 1. The monoisotopic (exact) mass is 546 g/mol. The van der Waals surface area contributed by atoms with Crippen LogP contribution in [0.1, 0.15) is 16.7 Å². The Hall–Kier alpha value is -3.90. The molecule has 12 heteroatoms. The zero-order chi connectivity index (χ0) is 26.9. The molecule has 0 atom stereocenters. The van der Waals surface area contributed by atoms with Gasteiger partial charge >= 0.3 is 11.9 Å². The maximum absolute atomic E-state index is 13.1. The van der Waals surface area contributed by atoms with Crippen LogP contribution in [0.4, 0.5) is 24.5 Å². The van der Waals surface area contributed by atoms with Crippen molar-refractivity contribution in [3.63, 3.8) is 0 Å². The molecule has 0 unspecified atom stereocenters. The summed E-state index contributed by atoms with van der Waals surface area (Å²) >= 11 is 6.56. The number of thiocarbonyl (C=S) groups is 1. The zero-order valence-electron chi connectivity index (χ0n) is 19.2. The number of carbonyl (C=O) groups excluding carboxylic acids is 1. The Labute approximate surface area is 218 Å². The largest absolute Gasteiger partial charge is 0.493 e. The molecule has 0 N–H and O–H groups in total. The van der Waals surface area contributed by atoms with Gasteiger partial charge < -0.3 is 9.47 Å². The molecule has 0 bridgehead atoms. The number of ether oxygens (including phenoxy) is 2. The number of thioether (sulfide) groups is 1. The van der Waals surface area contributed by atoms with Crippen molar-refractivity contribution in [1.29, 1.82) is 0 Å². The van der Waals surface area contributed by atoms with Crippen molar-refractivity contribution in [3.05, 3.63) is 92.4 Å². The maximum Gasteiger partial charge on any atom is 0.416 e. The topological polar surface area (TPSA) is 81.9 Å². The van der Waals surface area contributed by atoms with E-state index in [1.165, 1.54) is 24.1 Å². The smallest absolute Gasteiger partial charge is 0.416 e. The second-order valence-corrected chi connectivity index (χ2v) is 9.43. The first-order chi connectivity index (χ1) is 17.5. The molecule has 3 aromatic carbocycles. The Balaban J connectivity index is 1.63. The molecule has 1 fully saturated rings. The van der Waals surface area contributed by atoms with Gasteiger partial charge in [-0.25, -0.2) is 0 Å². The first kappa shape index (κ1) is 26.2. The molecule has 1 saturated heterocycles. The third kappa shape index (κ3) is 5.44. The third-order valence-electron chi connectivity index (χ3n) is 5.34. The van der Waals surface area contributed by atoms with Crippen LogP contribution < -0.4 is 14.4 Å². The minimum Gasteiger partial charge on any atom is -0.493 e. The number of benzene rings is 3. The van der Waals surface area contributed by atoms with Crippen LogP contribution in [-0.4, -0.2) is 22.3 Å². The highest BCUT2D eigenvalue weighted by Gasteiger charge is 2.35. The van der Waals surface area contributed by atoms with E-state index >= 15 is 0 Å². The Morgan fingerprint density at radius 2 is 1.76 bits per heavy atom. The number of aryl methyl sites for hydroxylation is 1. The SMILES string of the molecule is COc1cc(/C=C2/SC(=S)N(c3ccccc3C)C2=O)ccc1Oc1ccc(C(F)(F)F)cc1[N+](=O)[O-]. The molecule has 0 radical (unpaired) electrons. The van der Waals surface area contributed by atoms with Crippen molar-refractivity contribution in [1.82, 2.24) is 0 Å². The van der Waals surface area contributed by atoms with E-state index in [-0.39, 0.29) is 23.2 Å². The number of alkyl halides is 3. The van der Waals surface area contributed by atoms with Gasteiger partial charge in [0.05, 0.1) is 28.2 Å². The van der Waals surface area contributed by atoms with Crippen LogP contribution in [0.5, 0.6) is 17.2 Å². The Morgan fingerprint density at radius 3 is 2.41 bits per heavy atom. The van der Waals surface area contributed by atoms with Gasteiger partial charge in [0, 0.05) is 6.07 Å². The second-order valence-electron chi connectivity index (χ2n) is 7.75. The number of nitro groups is 1. The van der Waals surface area contributed by atoms with E-state index in [4.69, 9.17) is 21.7 Å². The van der Waals surface area contributed by atoms with Crippen LogP contribution in [-0.2, 0) is 11.0 Å². The number of anilines is 1. The molecule has 1 aliphatic heterocycles. The van der Waals surface area contributed by atoms with Crippen molar-refractivity contribution in [2.75, 3.05) is 12.0 Å². The normalized spacial score (nSPS) is 14.8. The molecule has 0 aromatic heterocycles. The van der Waals surface area contributed by atoms with Crippen LogP contribution in [0.2, 0.25) is 0 Å². The minimum atomic E-state index is -4.75. The molecule has 0 saturated carbocycles. The van der Waals surface area contributed by atoms with Gasteiger partial charge in [0.1, 0.15) is 0 Å². The van der Waals surface area contributed by atoms with Crippen molar-refractivity contribution >= 4 is 51.7 Å². The number of hydrogen-bond acceptors (Lipinski definition) is 7. The number of rotatable bonds is 6. The molecular formula is C25H17F3N2O5S2. The number of nitrogens with zero attached hydrogens (tertiary/aromatic N) is 2. The summed E-state index contributed by atoms with van der Waals surface area (Å²) in [6.07, 6.45) is -3.13. The van der Waals surface area contributed by atoms with Gasteiger partial charge in [-0.15, -0.1) is 0 Å². The highest BCUT2D eigenvalue weighted by molar-refractivity contribution is 8.27. The van der Waals surface area contributed by atoms with Crippen LogP contribution in [0, 0.1) is 17.0 Å². The molecule has 1 heterocycles. The number of methoxy groups -OCH3 is 1. The fourth-order valence-corrected chi connectivity index (χ4v) is 4.83. The van der Waals surface area contributed by atoms with Gasteiger partial charge in [0.15, 0.2) is 15.8 Å². The van der Waals surface area contributed by atoms with Crippen molar-refractivity contribution < 1.29 is 32.4 Å². The van der Waals surface area contributed by atoms with Crippen LogP contribution in [0.3, 0.4) is 0 Å². The standard InChI is InChI=1S/C25H17F3N2O5S2/c1-14-5-3-4-6-17(14)29-23(31)22(37-24(29)36)12-15-7-9-20(21(11-15)34-2)35-19-10-8-16(25(26,27)28)13-18(19)30(32)33/h3-13H,1-2H3/b22-12+. The molecule has 0 spiro atoms. The molecular weight excluding hydrogens is 529 g/mol. The van der Waals surface area contributed by atoms with Crippen molar-refractivity contribution in [2.24, 2.45) is 0 Å². The summed E-state index contributed by atoms with van der Waals surface area (Å²) in [6.45, 7) is 1.88. The number of halogens is 3. The van der Waals surface area contributed by atoms with E-state index in [1.54, 1.807) is 18.2 Å². The van der Waals surface area contributed by atoms with E-state index in [0.29, 0.717) is 32.6 Å². The van der Waals surface area contributed by atoms with Gasteiger partial charge in [-0.3, -0.25) is 19.8 Å². The summed E-state index contributed by atoms with van der Waals surface area (Å²) in [4.78, 5) is 25.3. The van der Waals surface area contributed by atoms with Crippen LogP contribution >= 0.6 is 24.0 Å². The lowest BCUT2D eigenvalue weighted by atomic mass is 10.1. The zero-order valence-corrected chi connectivity index (χ0v) is 20.9. The predicted octanol–water partition coefficient (Wildman–Crippen LogP) is 7.13. The third-order valence-corrected chi connectivity index (χ3v) is 6.64. The highest BCUT2D eigenvalue weighted by atomic mass is 32.2. The summed E-state index contributed by atoms with van der Waals surface area (Å²) in [5.74, 6) is -0.487. The van der Waals surface area contributed by atoms with E-state index < -0.39 is 22.4 Å². The molecule has 190 valence electrons. The highest BCUT2D eigenvalue weighted by Crippen LogP contribution is 2.41. The first-order valence-corrected chi connectivity index (χ1v) is 11.8. The molecule has 7 nitrogen and oxygen atoms in total. The average Bonchev–Trinajstić information content (AvgIpc) is 3.12. The number of hydrogen-bond donors (Lipinski definition) is 0. The average molecular weight is 547 g/mol. The Morgan fingerprint density at radius 1 is 1.05 bits per heavy atom. The van der Waals surface area contributed by atoms with Gasteiger partial charge in [0.25, 0.3) is 5.91 Å². The maximum atomic E-state index is 13.1. The summed E-state index contributed by atoms with van der Waals surface area (Å²) in [6, 6.07) is 13.9. The van der Waals surface area contributed by atoms with Gasteiger partial charge in [-0.1, -0.05) is 48.2 Å². The number of para-hydroxylation sites is 1. The van der Waals surface area contributed by atoms with Gasteiger partial charge in [-0.2, -0.15) is 13.2 Å². The lowest BCUT2D eigenvalue weighted by Crippen LogP contribution is -2.28. The second kappa shape index (κ2) is 10.2. The van der Waals surface area contributed by atoms with E-state index in [1.807, 2.05) is 25.1 Å². The number of nitro benzene ring substituents is 1. The first-order valence-electron chi connectivity index (χ1n) is 10.5. The summed E-state index contributed by atoms with van der Waals surface area (Å²) < 4.78 is 50.2. The van der Waals surface area contributed by atoms with E-state index in [2.05, 4.69) is 0 Å². The predicted molar refractivity (Wildman–Crippen MR) is 138 cm³/mol. The fraction of sp³-hybridized carbons (Fsp3) is 0.120. The van der Waals surface area contributed by atoms with E-state index in [0.717, 1.165) is 23.4 Å². The Bertz CT molecular complexity index is 1460. The lowest BCUT2D eigenvalue weighted by Gasteiger charge is -2.16. The molecule has 0 aliphatic carbocycles. The lowest BCUT2D eigenvalue weighted by molar-refractivity contribution is -0.385. The van der Waals surface area contributed by atoms with E-state index in [9.17, 15) is 28.1 Å². The molecule has 4 rings (SSSR count). The van der Waals surface area contributed by atoms with Gasteiger partial charge in [0.2, 0.25) is 5.75 Å².